The highest BCUT2D eigenvalue weighted by Gasteiger charge is 2.28. The second-order valence-corrected chi connectivity index (χ2v) is 6.45. The van der Waals surface area contributed by atoms with E-state index < -0.39 is 17.3 Å². The predicted molar refractivity (Wildman–Crippen MR) is 99.1 cm³/mol. The molecule has 1 aliphatic heterocycles. The summed E-state index contributed by atoms with van der Waals surface area (Å²) in [5.74, 6) is -0.331. The molecule has 0 spiro atoms. The van der Waals surface area contributed by atoms with Gasteiger partial charge in [0.05, 0.1) is 17.3 Å². The molecule has 3 N–H and O–H groups in total. The van der Waals surface area contributed by atoms with E-state index in [0.29, 0.717) is 12.2 Å². The van der Waals surface area contributed by atoms with E-state index >= 15 is 0 Å². The Labute approximate surface area is 149 Å². The maximum Gasteiger partial charge on any atom is 0.335 e. The fourth-order valence-electron chi connectivity index (χ4n) is 3.60. The Morgan fingerprint density at radius 1 is 1.08 bits per heavy atom. The molecule has 1 aliphatic rings. The maximum absolute atomic E-state index is 12.6. The van der Waals surface area contributed by atoms with E-state index in [2.05, 4.69) is 10.3 Å². The number of aromatic amines is 1. The van der Waals surface area contributed by atoms with Crippen molar-refractivity contribution in [3.63, 3.8) is 0 Å². The highest BCUT2D eigenvalue weighted by Crippen LogP contribution is 2.31. The van der Waals surface area contributed by atoms with Crippen LogP contribution in [0.25, 0.3) is 5.69 Å². The first-order valence-electron chi connectivity index (χ1n) is 8.53. The van der Waals surface area contributed by atoms with Crippen LogP contribution in [0.15, 0.2) is 58.1 Å². The molecule has 4 rings (SSSR count). The number of aromatic hydroxyl groups is 1. The number of nitrogens with one attached hydrogen (secondary N) is 2. The smallest absolute Gasteiger partial charge is 0.335 e. The number of H-pyrrole nitrogens is 1. The van der Waals surface area contributed by atoms with Gasteiger partial charge in [0.2, 0.25) is 5.88 Å². The molecular weight excluding hydrogens is 330 g/mol. The van der Waals surface area contributed by atoms with Crippen molar-refractivity contribution in [3.8, 4) is 11.6 Å². The van der Waals surface area contributed by atoms with Crippen molar-refractivity contribution in [2.75, 3.05) is 6.54 Å². The molecule has 26 heavy (non-hydrogen) atoms. The molecule has 3 aromatic rings. The molecule has 2 aromatic carbocycles. The minimum atomic E-state index is -0.658. The number of fused-ring (bicyclic) bond motifs is 1. The summed E-state index contributed by atoms with van der Waals surface area (Å²) in [5.41, 5.74) is 2.34. The fourth-order valence-corrected chi connectivity index (χ4v) is 3.60. The minimum Gasteiger partial charge on any atom is -0.494 e. The van der Waals surface area contributed by atoms with Crippen molar-refractivity contribution in [1.82, 2.24) is 14.9 Å². The van der Waals surface area contributed by atoms with Crippen molar-refractivity contribution >= 4 is 0 Å². The summed E-state index contributed by atoms with van der Waals surface area (Å²) in [4.78, 5) is 27.3. The first kappa shape index (κ1) is 16.4. The molecule has 0 aliphatic carbocycles. The van der Waals surface area contributed by atoms with E-state index in [0.717, 1.165) is 27.7 Å². The summed E-state index contributed by atoms with van der Waals surface area (Å²) >= 11 is 0. The van der Waals surface area contributed by atoms with E-state index in [4.69, 9.17) is 0 Å². The van der Waals surface area contributed by atoms with Crippen LogP contribution in [0, 0.1) is 6.92 Å². The first-order chi connectivity index (χ1) is 12.6. The maximum atomic E-state index is 12.6. The summed E-state index contributed by atoms with van der Waals surface area (Å²) < 4.78 is 1.16. The monoisotopic (exact) mass is 349 g/mol. The number of para-hydroxylation sites is 1. The van der Waals surface area contributed by atoms with Crippen molar-refractivity contribution < 1.29 is 5.11 Å². The molecule has 0 amide bonds. The van der Waals surface area contributed by atoms with Gasteiger partial charge >= 0.3 is 5.69 Å². The molecule has 6 nitrogen and oxygen atoms in total. The van der Waals surface area contributed by atoms with Crippen LogP contribution in [0.1, 0.15) is 28.3 Å². The Morgan fingerprint density at radius 3 is 2.62 bits per heavy atom. The van der Waals surface area contributed by atoms with Gasteiger partial charge in [0.25, 0.3) is 5.56 Å². The molecule has 132 valence electrons. The SMILES string of the molecule is Cc1ccccc1-n1c(O)c(C2NCCc3ccccc32)c(=O)[nH]c1=O. The van der Waals surface area contributed by atoms with E-state index in [1.807, 2.05) is 43.3 Å². The van der Waals surface area contributed by atoms with Crippen LogP contribution >= 0.6 is 0 Å². The first-order valence-corrected chi connectivity index (χ1v) is 8.53. The number of benzene rings is 2. The van der Waals surface area contributed by atoms with Gasteiger partial charge in [-0.1, -0.05) is 42.5 Å². The van der Waals surface area contributed by atoms with Crippen LogP contribution in [-0.2, 0) is 6.42 Å². The van der Waals surface area contributed by atoms with Gasteiger partial charge in [-0.2, -0.15) is 0 Å². The average Bonchev–Trinajstić information content (AvgIpc) is 2.63. The van der Waals surface area contributed by atoms with Crippen LogP contribution in [0.4, 0.5) is 0 Å². The molecule has 0 fully saturated rings. The Kier molecular flexibility index (Phi) is 3.97. The van der Waals surface area contributed by atoms with Gasteiger partial charge in [0.1, 0.15) is 0 Å². The molecule has 0 radical (unpaired) electrons. The van der Waals surface area contributed by atoms with E-state index in [1.54, 1.807) is 12.1 Å². The molecule has 1 aromatic heterocycles. The zero-order valence-electron chi connectivity index (χ0n) is 14.3. The summed E-state index contributed by atoms with van der Waals surface area (Å²) in [6, 6.07) is 14.6. The number of aryl methyl sites for hydroxylation is 1. The molecule has 0 saturated carbocycles. The quantitative estimate of drug-likeness (QED) is 0.658. The number of aromatic nitrogens is 2. The molecule has 0 saturated heterocycles. The molecule has 1 atom stereocenters. The van der Waals surface area contributed by atoms with Gasteiger partial charge in [0.15, 0.2) is 0 Å². The second-order valence-electron chi connectivity index (χ2n) is 6.45. The van der Waals surface area contributed by atoms with Gasteiger partial charge in [0, 0.05) is 6.54 Å². The average molecular weight is 349 g/mol. The van der Waals surface area contributed by atoms with Crippen molar-refractivity contribution in [1.29, 1.82) is 0 Å². The fraction of sp³-hybridized carbons (Fsp3) is 0.200. The highest BCUT2D eigenvalue weighted by atomic mass is 16.3. The summed E-state index contributed by atoms with van der Waals surface area (Å²) in [6.45, 7) is 2.53. The van der Waals surface area contributed by atoms with Gasteiger partial charge in [-0.05, 0) is 36.1 Å². The van der Waals surface area contributed by atoms with Crippen LogP contribution in [-0.4, -0.2) is 21.2 Å². The Bertz CT molecular complexity index is 1100. The van der Waals surface area contributed by atoms with Crippen LogP contribution in [0.3, 0.4) is 0 Å². The number of hydrogen-bond donors (Lipinski definition) is 3. The van der Waals surface area contributed by atoms with Crippen LogP contribution < -0.4 is 16.6 Å². The van der Waals surface area contributed by atoms with Gasteiger partial charge < -0.3 is 10.4 Å². The number of rotatable bonds is 2. The largest absolute Gasteiger partial charge is 0.494 e. The third-order valence-corrected chi connectivity index (χ3v) is 4.87. The van der Waals surface area contributed by atoms with Crippen LogP contribution in [0.2, 0.25) is 0 Å². The molecule has 1 unspecified atom stereocenters. The predicted octanol–water partition coefficient (Wildman–Crippen LogP) is 1.77. The second kappa shape index (κ2) is 6.31. The number of nitrogens with zero attached hydrogens (tertiary/aromatic N) is 1. The zero-order chi connectivity index (χ0) is 18.3. The number of hydrogen-bond acceptors (Lipinski definition) is 4. The zero-order valence-corrected chi connectivity index (χ0v) is 14.3. The van der Waals surface area contributed by atoms with Crippen LogP contribution in [0.5, 0.6) is 5.88 Å². The lowest BCUT2D eigenvalue weighted by atomic mass is 9.90. The van der Waals surface area contributed by atoms with E-state index in [1.165, 1.54) is 0 Å². The Hall–Kier alpha value is -3.12. The lowest BCUT2D eigenvalue weighted by Gasteiger charge is -2.27. The van der Waals surface area contributed by atoms with E-state index in [-0.39, 0.29) is 11.4 Å². The Morgan fingerprint density at radius 2 is 1.81 bits per heavy atom. The van der Waals surface area contributed by atoms with E-state index in [9.17, 15) is 14.7 Å². The lowest BCUT2D eigenvalue weighted by molar-refractivity contribution is 0.410. The van der Waals surface area contributed by atoms with Crippen molar-refractivity contribution in [2.45, 2.75) is 19.4 Å². The summed E-state index contributed by atoms with van der Waals surface area (Å²) in [5, 5.41) is 14.2. The third-order valence-electron chi connectivity index (χ3n) is 4.87. The normalized spacial score (nSPS) is 16.3. The van der Waals surface area contributed by atoms with Gasteiger partial charge in [-0.3, -0.25) is 9.78 Å². The Balaban J connectivity index is 1.98. The minimum absolute atomic E-state index is 0.153. The standard InChI is InChI=1S/C20H19N3O3/c1-12-6-2-5-9-15(12)23-19(25)16(18(24)22-20(23)26)17-14-8-4-3-7-13(14)10-11-21-17/h2-9,17,21,25H,10-11H2,1H3,(H,22,24,26). The summed E-state index contributed by atoms with van der Waals surface area (Å²) in [6.07, 6.45) is 0.850. The molecule has 0 bridgehead atoms. The topological polar surface area (TPSA) is 87.1 Å². The van der Waals surface area contributed by atoms with Gasteiger partial charge in [-0.15, -0.1) is 0 Å². The molecular formula is C20H19N3O3. The third kappa shape index (κ3) is 2.55. The van der Waals surface area contributed by atoms with Crippen molar-refractivity contribution in [2.24, 2.45) is 0 Å². The lowest BCUT2D eigenvalue weighted by Crippen LogP contribution is -2.38. The van der Waals surface area contributed by atoms with Gasteiger partial charge in [-0.25, -0.2) is 9.36 Å². The van der Waals surface area contributed by atoms with Crippen molar-refractivity contribution in [3.05, 3.63) is 91.6 Å². The molecule has 2 heterocycles. The summed E-state index contributed by atoms with van der Waals surface area (Å²) in [7, 11) is 0. The highest BCUT2D eigenvalue weighted by molar-refractivity contribution is 5.47. The molecule has 6 heteroatoms.